The third-order valence-corrected chi connectivity index (χ3v) is 5.02. The van der Waals surface area contributed by atoms with E-state index in [2.05, 4.69) is 0 Å². The minimum absolute atomic E-state index is 0.0842. The van der Waals surface area contributed by atoms with Gasteiger partial charge < -0.3 is 9.64 Å². The summed E-state index contributed by atoms with van der Waals surface area (Å²) in [7, 11) is 0. The Morgan fingerprint density at radius 1 is 1.11 bits per heavy atom. The highest BCUT2D eigenvalue weighted by atomic mass is 35.5. The number of carbonyl (C=O) groups excluding carboxylic acids is 3. The normalized spacial score (nSPS) is 16.5. The van der Waals surface area contributed by atoms with Gasteiger partial charge in [-0.2, -0.15) is 0 Å². The van der Waals surface area contributed by atoms with Crippen LogP contribution in [0.25, 0.3) is 0 Å². The summed E-state index contributed by atoms with van der Waals surface area (Å²) in [4.78, 5) is 38.3. The summed E-state index contributed by atoms with van der Waals surface area (Å²) in [6, 6.07) is 12.1. The standard InChI is InChI=1S/C21H20ClNO4/c1-13-3-8-18(9-14(13)2)23-11-16(10-20(23)25)21(26)27-12-19(24)15-4-6-17(22)7-5-15/h3-9,16H,10-12H2,1-2H3/t16-/m0/s1. The molecule has 0 spiro atoms. The highest BCUT2D eigenvalue weighted by Gasteiger charge is 2.36. The Kier molecular flexibility index (Phi) is 5.61. The summed E-state index contributed by atoms with van der Waals surface area (Å²) in [5.74, 6) is -1.53. The molecule has 0 aromatic heterocycles. The molecule has 1 saturated heterocycles. The molecule has 0 saturated carbocycles. The molecule has 2 aromatic rings. The maximum atomic E-state index is 12.3. The molecule has 3 rings (SSSR count). The van der Waals surface area contributed by atoms with Gasteiger partial charge in [-0.1, -0.05) is 17.7 Å². The van der Waals surface area contributed by atoms with E-state index in [0.29, 0.717) is 10.6 Å². The van der Waals surface area contributed by atoms with Crippen molar-refractivity contribution in [1.29, 1.82) is 0 Å². The monoisotopic (exact) mass is 385 g/mol. The van der Waals surface area contributed by atoms with Crippen molar-refractivity contribution in [3.63, 3.8) is 0 Å². The van der Waals surface area contributed by atoms with Crippen LogP contribution in [0, 0.1) is 19.8 Å². The number of benzene rings is 2. The lowest BCUT2D eigenvalue weighted by molar-refractivity contribution is -0.147. The Labute approximate surface area is 162 Å². The average Bonchev–Trinajstić information content (AvgIpc) is 3.04. The quantitative estimate of drug-likeness (QED) is 0.581. The number of aryl methyl sites for hydroxylation is 2. The van der Waals surface area contributed by atoms with Crippen LogP contribution in [-0.4, -0.2) is 30.8 Å². The number of ketones is 1. The Morgan fingerprint density at radius 2 is 1.81 bits per heavy atom. The molecule has 0 N–H and O–H groups in total. The fourth-order valence-electron chi connectivity index (χ4n) is 2.98. The van der Waals surface area contributed by atoms with Crippen molar-refractivity contribution in [1.82, 2.24) is 0 Å². The van der Waals surface area contributed by atoms with Gasteiger partial charge in [-0.3, -0.25) is 14.4 Å². The zero-order chi connectivity index (χ0) is 19.6. The van der Waals surface area contributed by atoms with Crippen LogP contribution in [-0.2, 0) is 14.3 Å². The smallest absolute Gasteiger partial charge is 0.311 e. The lowest BCUT2D eigenvalue weighted by Gasteiger charge is -2.17. The van der Waals surface area contributed by atoms with Crippen LogP contribution in [0.5, 0.6) is 0 Å². The number of halogens is 1. The second kappa shape index (κ2) is 7.92. The van der Waals surface area contributed by atoms with E-state index in [-0.39, 0.29) is 31.3 Å². The molecule has 1 heterocycles. The maximum Gasteiger partial charge on any atom is 0.311 e. The number of Topliss-reactive ketones (excluding diaryl/α,β-unsaturated/α-hetero) is 1. The third kappa shape index (κ3) is 4.37. The zero-order valence-corrected chi connectivity index (χ0v) is 16.0. The van der Waals surface area contributed by atoms with E-state index in [9.17, 15) is 14.4 Å². The Bertz CT molecular complexity index is 892. The van der Waals surface area contributed by atoms with Crippen molar-refractivity contribution in [2.45, 2.75) is 20.3 Å². The summed E-state index contributed by atoms with van der Waals surface area (Å²) in [6.07, 6.45) is 0.0842. The fourth-order valence-corrected chi connectivity index (χ4v) is 3.11. The molecular formula is C21H20ClNO4. The van der Waals surface area contributed by atoms with E-state index in [0.717, 1.165) is 16.8 Å². The van der Waals surface area contributed by atoms with Crippen molar-refractivity contribution in [3.8, 4) is 0 Å². The molecule has 0 aliphatic carbocycles. The van der Waals surface area contributed by atoms with Crippen LogP contribution < -0.4 is 4.90 Å². The predicted octanol–water partition coefficient (Wildman–Crippen LogP) is 3.74. The molecule has 2 aromatic carbocycles. The topological polar surface area (TPSA) is 63.7 Å². The number of amides is 1. The Hall–Kier alpha value is -2.66. The van der Waals surface area contributed by atoms with E-state index in [4.69, 9.17) is 16.3 Å². The summed E-state index contributed by atoms with van der Waals surface area (Å²) >= 11 is 5.79. The molecule has 5 nitrogen and oxygen atoms in total. The predicted molar refractivity (Wildman–Crippen MR) is 103 cm³/mol. The summed E-state index contributed by atoms with van der Waals surface area (Å²) < 4.78 is 5.15. The van der Waals surface area contributed by atoms with Crippen LogP contribution >= 0.6 is 11.6 Å². The zero-order valence-electron chi connectivity index (χ0n) is 15.2. The molecule has 1 aliphatic rings. The lowest BCUT2D eigenvalue weighted by Crippen LogP contribution is -2.27. The first-order chi connectivity index (χ1) is 12.8. The van der Waals surface area contributed by atoms with Gasteiger partial charge in [-0.05, 0) is 61.4 Å². The number of anilines is 1. The van der Waals surface area contributed by atoms with Gasteiger partial charge in [0.25, 0.3) is 0 Å². The number of carbonyl (C=O) groups is 3. The van der Waals surface area contributed by atoms with E-state index in [1.165, 1.54) is 0 Å². The summed E-state index contributed by atoms with van der Waals surface area (Å²) in [6.45, 7) is 3.89. The highest BCUT2D eigenvalue weighted by molar-refractivity contribution is 6.30. The van der Waals surface area contributed by atoms with Gasteiger partial charge in [-0.15, -0.1) is 0 Å². The van der Waals surface area contributed by atoms with E-state index in [1.54, 1.807) is 29.2 Å². The third-order valence-electron chi connectivity index (χ3n) is 4.77. The number of rotatable bonds is 5. The number of nitrogens with zero attached hydrogens (tertiary/aromatic N) is 1. The first-order valence-electron chi connectivity index (χ1n) is 8.68. The van der Waals surface area contributed by atoms with Crippen molar-refractivity contribution >= 4 is 34.9 Å². The highest BCUT2D eigenvalue weighted by Crippen LogP contribution is 2.27. The van der Waals surface area contributed by atoms with Gasteiger partial charge in [0.05, 0.1) is 5.92 Å². The molecule has 0 unspecified atom stereocenters. The first-order valence-corrected chi connectivity index (χ1v) is 9.06. The minimum atomic E-state index is -0.572. The first kappa shape index (κ1) is 19.1. The Morgan fingerprint density at radius 3 is 2.48 bits per heavy atom. The SMILES string of the molecule is Cc1ccc(N2C[C@@H](C(=O)OCC(=O)c3ccc(Cl)cc3)CC2=O)cc1C. The maximum absolute atomic E-state index is 12.3. The van der Waals surface area contributed by atoms with Crippen LogP contribution in [0.4, 0.5) is 5.69 Å². The van der Waals surface area contributed by atoms with Gasteiger partial charge in [0.15, 0.2) is 12.4 Å². The Balaban J connectivity index is 1.59. The van der Waals surface area contributed by atoms with Crippen LogP contribution in [0.1, 0.15) is 27.9 Å². The number of hydrogen-bond acceptors (Lipinski definition) is 4. The van der Waals surface area contributed by atoms with Gasteiger partial charge in [-0.25, -0.2) is 0 Å². The molecule has 0 radical (unpaired) electrons. The summed E-state index contributed by atoms with van der Waals surface area (Å²) in [5, 5.41) is 0.527. The molecule has 27 heavy (non-hydrogen) atoms. The minimum Gasteiger partial charge on any atom is -0.457 e. The van der Waals surface area contributed by atoms with Crippen molar-refractivity contribution < 1.29 is 19.1 Å². The van der Waals surface area contributed by atoms with Gasteiger partial charge in [0.2, 0.25) is 5.91 Å². The fraction of sp³-hybridized carbons (Fsp3) is 0.286. The molecule has 1 atom stereocenters. The number of esters is 1. The molecular weight excluding hydrogens is 366 g/mol. The van der Waals surface area contributed by atoms with Crippen LogP contribution in [0.3, 0.4) is 0 Å². The molecule has 1 fully saturated rings. The number of hydrogen-bond donors (Lipinski definition) is 0. The van der Waals surface area contributed by atoms with Gasteiger partial charge in [0.1, 0.15) is 0 Å². The lowest BCUT2D eigenvalue weighted by atomic mass is 10.1. The molecule has 6 heteroatoms. The van der Waals surface area contributed by atoms with Crippen molar-refractivity contribution in [2.24, 2.45) is 5.92 Å². The summed E-state index contributed by atoms with van der Waals surface area (Å²) in [5.41, 5.74) is 3.42. The second-order valence-electron chi connectivity index (χ2n) is 6.71. The van der Waals surface area contributed by atoms with E-state index < -0.39 is 11.9 Å². The van der Waals surface area contributed by atoms with E-state index >= 15 is 0 Å². The van der Waals surface area contributed by atoms with Crippen LogP contribution in [0.15, 0.2) is 42.5 Å². The molecule has 0 bridgehead atoms. The molecule has 140 valence electrons. The van der Waals surface area contributed by atoms with E-state index in [1.807, 2.05) is 32.0 Å². The molecule has 1 aliphatic heterocycles. The number of ether oxygens (including phenoxy) is 1. The van der Waals surface area contributed by atoms with Gasteiger partial charge in [0, 0.05) is 29.2 Å². The average molecular weight is 386 g/mol. The largest absolute Gasteiger partial charge is 0.457 e. The second-order valence-corrected chi connectivity index (χ2v) is 7.15. The van der Waals surface area contributed by atoms with Crippen molar-refractivity contribution in [3.05, 3.63) is 64.2 Å². The van der Waals surface area contributed by atoms with Gasteiger partial charge >= 0.3 is 5.97 Å². The van der Waals surface area contributed by atoms with Crippen LogP contribution in [0.2, 0.25) is 5.02 Å². The van der Waals surface area contributed by atoms with Crippen molar-refractivity contribution in [2.75, 3.05) is 18.1 Å². The molecule has 1 amide bonds.